The van der Waals surface area contributed by atoms with E-state index in [0.29, 0.717) is 0 Å². The fourth-order valence-corrected chi connectivity index (χ4v) is 2.91. The smallest absolute Gasteiger partial charge is 0.410 e. The number of nitrogens with zero attached hydrogens (tertiary/aromatic N) is 2. The molecule has 2 heterocycles. The zero-order chi connectivity index (χ0) is 23.6. The Morgan fingerprint density at radius 1 is 0.700 bits per heavy atom. The fraction of sp³-hybridized carbons (Fsp3) is 0.800. The highest BCUT2D eigenvalue weighted by Crippen LogP contribution is 2.27. The van der Waals surface area contributed by atoms with Crippen LogP contribution >= 0.6 is 0 Å². The summed E-state index contributed by atoms with van der Waals surface area (Å²) in [6.45, 7) is 14.6. The number of carbonyl (C=O) groups is 4. The maximum atomic E-state index is 11.5. The van der Waals surface area contributed by atoms with E-state index in [-0.39, 0.29) is 25.2 Å². The van der Waals surface area contributed by atoms with Crippen LogP contribution in [0.15, 0.2) is 0 Å². The van der Waals surface area contributed by atoms with Gasteiger partial charge in [-0.2, -0.15) is 0 Å². The fourth-order valence-electron chi connectivity index (χ4n) is 2.91. The number of carboxylic acid groups (broad SMARTS) is 2. The molecule has 0 aromatic rings. The zero-order valence-electron chi connectivity index (χ0n) is 19.0. The van der Waals surface area contributed by atoms with Gasteiger partial charge in [0.2, 0.25) is 0 Å². The topological polar surface area (TPSA) is 134 Å². The molecule has 0 radical (unpaired) electrons. The van der Waals surface area contributed by atoms with Crippen molar-refractivity contribution in [2.24, 2.45) is 11.8 Å². The molecule has 2 saturated heterocycles. The lowest BCUT2D eigenvalue weighted by atomic mass is 9.91. The van der Waals surface area contributed by atoms with Crippen LogP contribution in [0.1, 0.15) is 55.4 Å². The number of hydrogen-bond acceptors (Lipinski definition) is 6. The standard InChI is InChI=1S/2C10H17NO4/c2*1-6-7(8(12)13)5-11(6)9(14)15-10(2,3)4/h2*6-7H,5H2,1-4H3,(H,12,13)/t2*6-,7+/m10/s1. The second kappa shape index (κ2) is 9.09. The Balaban J connectivity index is 0.000000300. The minimum atomic E-state index is -0.859. The van der Waals surface area contributed by atoms with Gasteiger partial charge in [0.1, 0.15) is 11.2 Å². The first-order valence-electron chi connectivity index (χ1n) is 9.89. The van der Waals surface area contributed by atoms with Crippen molar-refractivity contribution in [3.8, 4) is 0 Å². The van der Waals surface area contributed by atoms with Gasteiger partial charge >= 0.3 is 24.1 Å². The van der Waals surface area contributed by atoms with E-state index in [1.54, 1.807) is 55.4 Å². The molecule has 2 aliphatic rings. The van der Waals surface area contributed by atoms with Gasteiger partial charge in [0.25, 0.3) is 0 Å². The molecule has 2 N–H and O–H groups in total. The first-order valence-corrected chi connectivity index (χ1v) is 9.89. The van der Waals surface area contributed by atoms with Crippen LogP contribution < -0.4 is 0 Å². The number of amides is 2. The first-order chi connectivity index (χ1) is 13.4. The summed E-state index contributed by atoms with van der Waals surface area (Å²) in [4.78, 5) is 47.3. The average Bonchev–Trinajstić information content (AvgIpc) is 2.48. The van der Waals surface area contributed by atoms with Crippen LogP contribution in [0.25, 0.3) is 0 Å². The minimum absolute atomic E-state index is 0.241. The first kappa shape index (κ1) is 25.5. The highest BCUT2D eigenvalue weighted by molar-refractivity contribution is 5.78. The molecule has 2 amide bonds. The van der Waals surface area contributed by atoms with Gasteiger partial charge in [-0.05, 0) is 55.4 Å². The van der Waals surface area contributed by atoms with Gasteiger partial charge in [-0.3, -0.25) is 9.59 Å². The average molecular weight is 430 g/mol. The van der Waals surface area contributed by atoms with Crippen molar-refractivity contribution in [3.63, 3.8) is 0 Å². The maximum Gasteiger partial charge on any atom is 0.410 e. The number of likely N-dealkylation sites (tertiary alicyclic amines) is 2. The molecule has 0 unspecified atom stereocenters. The normalized spacial score (nSPS) is 25.7. The highest BCUT2D eigenvalue weighted by atomic mass is 16.6. The van der Waals surface area contributed by atoms with E-state index in [4.69, 9.17) is 19.7 Å². The van der Waals surface area contributed by atoms with Gasteiger partial charge in [0, 0.05) is 25.2 Å². The third kappa shape index (κ3) is 6.77. The van der Waals surface area contributed by atoms with Gasteiger partial charge in [0.05, 0.1) is 11.8 Å². The molecule has 4 atom stereocenters. The Morgan fingerprint density at radius 3 is 1.13 bits per heavy atom. The summed E-state index contributed by atoms with van der Waals surface area (Å²) < 4.78 is 10.3. The second-order valence-electron chi connectivity index (χ2n) is 9.64. The molecule has 30 heavy (non-hydrogen) atoms. The number of ether oxygens (including phenoxy) is 2. The molecular formula is C20H34N2O8. The van der Waals surface area contributed by atoms with Crippen LogP contribution in [-0.4, -0.2) is 80.5 Å². The quantitative estimate of drug-likeness (QED) is 0.683. The van der Waals surface area contributed by atoms with E-state index in [1.165, 1.54) is 9.80 Å². The molecule has 172 valence electrons. The van der Waals surface area contributed by atoms with Gasteiger partial charge in [-0.15, -0.1) is 0 Å². The van der Waals surface area contributed by atoms with Gasteiger partial charge in [-0.25, -0.2) is 9.59 Å². The third-order valence-corrected chi connectivity index (χ3v) is 4.83. The molecule has 10 heteroatoms. The summed E-state index contributed by atoms with van der Waals surface area (Å²) in [5, 5.41) is 17.5. The van der Waals surface area contributed by atoms with Crippen LogP contribution in [0, 0.1) is 11.8 Å². The lowest BCUT2D eigenvalue weighted by Gasteiger charge is -2.43. The van der Waals surface area contributed by atoms with E-state index < -0.39 is 47.2 Å². The summed E-state index contributed by atoms with van der Waals surface area (Å²) >= 11 is 0. The summed E-state index contributed by atoms with van der Waals surface area (Å²) in [6.07, 6.45) is -0.875. The number of aliphatic carboxylic acids is 2. The second-order valence-corrected chi connectivity index (χ2v) is 9.64. The number of carbonyl (C=O) groups excluding carboxylic acids is 2. The minimum Gasteiger partial charge on any atom is -0.481 e. The van der Waals surface area contributed by atoms with Crippen molar-refractivity contribution in [2.45, 2.75) is 78.7 Å². The Morgan fingerprint density at radius 2 is 0.967 bits per heavy atom. The summed E-state index contributed by atoms with van der Waals surface area (Å²) in [5.41, 5.74) is -1.07. The van der Waals surface area contributed by atoms with Crippen molar-refractivity contribution < 1.29 is 38.9 Å². The van der Waals surface area contributed by atoms with E-state index in [9.17, 15) is 19.2 Å². The number of carboxylic acids is 2. The molecule has 0 aromatic heterocycles. The lowest BCUT2D eigenvalue weighted by Crippen LogP contribution is -2.60. The molecule has 0 spiro atoms. The van der Waals surface area contributed by atoms with Gasteiger partial charge in [0.15, 0.2) is 0 Å². The van der Waals surface area contributed by atoms with Crippen molar-refractivity contribution in [1.82, 2.24) is 9.80 Å². The molecule has 2 aliphatic heterocycles. The van der Waals surface area contributed by atoms with E-state index in [2.05, 4.69) is 0 Å². The van der Waals surface area contributed by atoms with E-state index >= 15 is 0 Å². The Hall–Kier alpha value is -2.52. The predicted molar refractivity (Wildman–Crippen MR) is 107 cm³/mol. The van der Waals surface area contributed by atoms with Crippen molar-refractivity contribution >= 4 is 24.1 Å². The molecular weight excluding hydrogens is 396 g/mol. The molecule has 0 saturated carbocycles. The summed E-state index contributed by atoms with van der Waals surface area (Å²) in [6, 6.07) is -0.560. The number of hydrogen-bond donors (Lipinski definition) is 2. The van der Waals surface area contributed by atoms with Crippen LogP contribution in [0.3, 0.4) is 0 Å². The van der Waals surface area contributed by atoms with E-state index in [1.807, 2.05) is 0 Å². The Bertz CT molecular complexity index is 621. The third-order valence-electron chi connectivity index (χ3n) is 4.83. The van der Waals surface area contributed by atoms with Crippen LogP contribution in [0.5, 0.6) is 0 Å². The summed E-state index contributed by atoms with van der Waals surface area (Å²) in [7, 11) is 0. The van der Waals surface area contributed by atoms with Gasteiger partial charge < -0.3 is 29.5 Å². The number of rotatable bonds is 2. The molecule has 0 aromatic carbocycles. The SMILES string of the molecule is C[C@@H]1[C@@H](C(=O)O)CN1C(=O)OC(C)(C)C.C[C@H]1[C@H](C(=O)O)CN1C(=O)OC(C)(C)C. The van der Waals surface area contributed by atoms with Crippen molar-refractivity contribution in [3.05, 3.63) is 0 Å². The predicted octanol–water partition coefficient (Wildman–Crippen LogP) is 2.65. The molecule has 2 rings (SSSR count). The highest BCUT2D eigenvalue weighted by Gasteiger charge is 2.45. The van der Waals surface area contributed by atoms with Crippen molar-refractivity contribution in [2.75, 3.05) is 13.1 Å². The molecule has 10 nitrogen and oxygen atoms in total. The van der Waals surface area contributed by atoms with Crippen LogP contribution in [0.2, 0.25) is 0 Å². The molecule has 0 aliphatic carbocycles. The Labute approximate surface area is 177 Å². The van der Waals surface area contributed by atoms with Crippen molar-refractivity contribution in [1.29, 1.82) is 0 Å². The molecule has 0 bridgehead atoms. The lowest BCUT2D eigenvalue weighted by molar-refractivity contribution is -0.151. The summed E-state index contributed by atoms with van der Waals surface area (Å²) in [5.74, 6) is -2.64. The Kier molecular flexibility index (Phi) is 7.73. The molecule has 2 fully saturated rings. The zero-order valence-corrected chi connectivity index (χ0v) is 19.0. The maximum absolute atomic E-state index is 11.5. The monoisotopic (exact) mass is 430 g/mol. The van der Waals surface area contributed by atoms with Crippen LogP contribution in [-0.2, 0) is 19.1 Å². The van der Waals surface area contributed by atoms with E-state index in [0.717, 1.165) is 0 Å². The largest absolute Gasteiger partial charge is 0.481 e. The van der Waals surface area contributed by atoms with Gasteiger partial charge in [-0.1, -0.05) is 0 Å². The van der Waals surface area contributed by atoms with Crippen LogP contribution in [0.4, 0.5) is 9.59 Å².